The van der Waals surface area contributed by atoms with E-state index < -0.39 is 0 Å². The molecule has 0 amide bonds. The maximum atomic E-state index is 5.28. The zero-order chi connectivity index (χ0) is 11.2. The van der Waals surface area contributed by atoms with Gasteiger partial charge in [0.2, 0.25) is 0 Å². The van der Waals surface area contributed by atoms with Crippen LogP contribution >= 0.6 is 0 Å². The highest BCUT2D eigenvalue weighted by molar-refractivity contribution is 4.45. The molecule has 0 unspecified atom stereocenters. The molecule has 88 valence electrons. The number of nitrogens with two attached hydrogens (primary N) is 4. The van der Waals surface area contributed by atoms with Crippen molar-refractivity contribution >= 4 is 0 Å². The van der Waals surface area contributed by atoms with Gasteiger partial charge in [-0.25, -0.2) is 0 Å². The molecule has 0 aromatic rings. The van der Waals surface area contributed by atoms with E-state index in [9.17, 15) is 0 Å². The molecule has 0 aliphatic rings. The van der Waals surface area contributed by atoms with Crippen LogP contribution in [0.15, 0.2) is 0 Å². The predicted molar refractivity (Wildman–Crippen MR) is 63.6 cm³/mol. The Morgan fingerprint density at radius 3 is 1.43 bits per heavy atom. The standard InChI is InChI=1S/C6H16N2.C4H12N2/c7-5-3-1-2-4-6-8;1-2-3-4(5)6/h1-8H2;4H,2-3,5-6H2,1H3. The summed E-state index contributed by atoms with van der Waals surface area (Å²) in [6.07, 6.45) is 6.70. The van der Waals surface area contributed by atoms with Gasteiger partial charge < -0.3 is 22.9 Å². The van der Waals surface area contributed by atoms with Crippen LogP contribution in [0.5, 0.6) is 0 Å². The Balaban J connectivity index is 0. The second-order valence-electron chi connectivity index (χ2n) is 3.44. The summed E-state index contributed by atoms with van der Waals surface area (Å²) >= 11 is 0. The quantitative estimate of drug-likeness (QED) is 0.358. The molecule has 0 aromatic carbocycles. The van der Waals surface area contributed by atoms with Gasteiger partial charge in [-0.05, 0) is 32.4 Å². The Hall–Kier alpha value is -0.160. The van der Waals surface area contributed by atoms with Crippen LogP contribution in [0.2, 0.25) is 0 Å². The van der Waals surface area contributed by atoms with Crippen LogP contribution in [0.1, 0.15) is 45.4 Å². The zero-order valence-electron chi connectivity index (χ0n) is 9.54. The van der Waals surface area contributed by atoms with Crippen molar-refractivity contribution < 1.29 is 0 Å². The van der Waals surface area contributed by atoms with Gasteiger partial charge in [0.1, 0.15) is 0 Å². The summed E-state index contributed by atoms with van der Waals surface area (Å²) in [5.41, 5.74) is 20.9. The second-order valence-corrected chi connectivity index (χ2v) is 3.44. The van der Waals surface area contributed by atoms with E-state index in [1.165, 1.54) is 12.8 Å². The Labute approximate surface area is 88.4 Å². The minimum absolute atomic E-state index is 0.102. The van der Waals surface area contributed by atoms with E-state index in [2.05, 4.69) is 6.92 Å². The predicted octanol–water partition coefficient (Wildman–Crippen LogP) is 0.494. The van der Waals surface area contributed by atoms with Gasteiger partial charge in [-0.2, -0.15) is 0 Å². The molecule has 4 heteroatoms. The highest BCUT2D eigenvalue weighted by Crippen LogP contribution is 1.95. The molecule has 0 saturated carbocycles. The van der Waals surface area contributed by atoms with Crippen molar-refractivity contribution in [1.82, 2.24) is 0 Å². The van der Waals surface area contributed by atoms with Gasteiger partial charge in [-0.15, -0.1) is 0 Å². The summed E-state index contributed by atoms with van der Waals surface area (Å²) in [6.45, 7) is 3.71. The summed E-state index contributed by atoms with van der Waals surface area (Å²) in [5, 5.41) is 0. The first-order chi connectivity index (χ1) is 6.68. The van der Waals surface area contributed by atoms with E-state index >= 15 is 0 Å². The summed E-state index contributed by atoms with van der Waals surface area (Å²) in [6, 6.07) is 0. The average Bonchev–Trinajstić information content (AvgIpc) is 2.13. The van der Waals surface area contributed by atoms with Crippen molar-refractivity contribution in [1.29, 1.82) is 0 Å². The largest absolute Gasteiger partial charge is 0.330 e. The van der Waals surface area contributed by atoms with Crippen LogP contribution < -0.4 is 22.9 Å². The maximum absolute atomic E-state index is 5.28. The third-order valence-corrected chi connectivity index (χ3v) is 1.78. The maximum Gasteiger partial charge on any atom is 0.0520 e. The monoisotopic (exact) mass is 204 g/mol. The highest BCUT2D eigenvalue weighted by Gasteiger charge is 1.85. The number of hydrogen-bond donors (Lipinski definition) is 4. The van der Waals surface area contributed by atoms with Gasteiger partial charge in [0.15, 0.2) is 0 Å². The summed E-state index contributed by atoms with van der Waals surface area (Å²) in [5.74, 6) is 0. The van der Waals surface area contributed by atoms with E-state index in [1.807, 2.05) is 0 Å². The molecule has 4 nitrogen and oxygen atoms in total. The lowest BCUT2D eigenvalue weighted by atomic mass is 10.2. The molecule has 0 fully saturated rings. The Bertz CT molecular complexity index is 80.2. The lowest BCUT2D eigenvalue weighted by Crippen LogP contribution is -2.29. The minimum Gasteiger partial charge on any atom is -0.330 e. The van der Waals surface area contributed by atoms with Gasteiger partial charge in [0.25, 0.3) is 0 Å². The lowest BCUT2D eigenvalue weighted by Gasteiger charge is -1.97. The van der Waals surface area contributed by atoms with Gasteiger partial charge in [-0.1, -0.05) is 26.2 Å². The molecule has 0 radical (unpaired) electrons. The van der Waals surface area contributed by atoms with E-state index in [-0.39, 0.29) is 6.17 Å². The van der Waals surface area contributed by atoms with E-state index in [0.29, 0.717) is 0 Å². The SMILES string of the molecule is CCCC(N)N.NCCCCCCN. The van der Waals surface area contributed by atoms with E-state index in [0.717, 1.165) is 38.8 Å². The number of unbranched alkanes of at least 4 members (excludes halogenated alkanes) is 3. The van der Waals surface area contributed by atoms with Crippen LogP contribution in [-0.2, 0) is 0 Å². The van der Waals surface area contributed by atoms with Crippen LogP contribution in [-0.4, -0.2) is 19.3 Å². The highest BCUT2D eigenvalue weighted by atomic mass is 14.8. The number of rotatable bonds is 7. The smallest absolute Gasteiger partial charge is 0.0520 e. The molecule has 0 aliphatic heterocycles. The fraction of sp³-hybridized carbons (Fsp3) is 1.00. The lowest BCUT2D eigenvalue weighted by molar-refractivity contribution is 0.627. The Morgan fingerprint density at radius 2 is 1.29 bits per heavy atom. The molecule has 0 saturated heterocycles. The first-order valence-corrected chi connectivity index (χ1v) is 5.60. The zero-order valence-corrected chi connectivity index (χ0v) is 9.54. The van der Waals surface area contributed by atoms with E-state index in [1.54, 1.807) is 0 Å². The van der Waals surface area contributed by atoms with E-state index in [4.69, 9.17) is 22.9 Å². The molecule has 0 aromatic heterocycles. The van der Waals surface area contributed by atoms with Crippen molar-refractivity contribution in [2.24, 2.45) is 22.9 Å². The van der Waals surface area contributed by atoms with Gasteiger partial charge >= 0.3 is 0 Å². The van der Waals surface area contributed by atoms with Gasteiger partial charge in [0.05, 0.1) is 6.17 Å². The third kappa shape index (κ3) is 22.6. The first-order valence-electron chi connectivity index (χ1n) is 5.60. The van der Waals surface area contributed by atoms with Crippen molar-refractivity contribution in [2.45, 2.75) is 51.6 Å². The molecule has 0 aliphatic carbocycles. The van der Waals surface area contributed by atoms with Crippen LogP contribution in [0, 0.1) is 0 Å². The molecule has 0 spiro atoms. The van der Waals surface area contributed by atoms with Crippen molar-refractivity contribution in [2.75, 3.05) is 13.1 Å². The van der Waals surface area contributed by atoms with Crippen molar-refractivity contribution in [3.05, 3.63) is 0 Å². The normalized spacial score (nSPS) is 9.86. The molecule has 0 heterocycles. The summed E-state index contributed by atoms with van der Waals surface area (Å²) in [7, 11) is 0. The van der Waals surface area contributed by atoms with Crippen LogP contribution in [0.4, 0.5) is 0 Å². The Morgan fingerprint density at radius 1 is 0.857 bits per heavy atom. The van der Waals surface area contributed by atoms with Crippen LogP contribution in [0.25, 0.3) is 0 Å². The summed E-state index contributed by atoms with van der Waals surface area (Å²) < 4.78 is 0. The van der Waals surface area contributed by atoms with Crippen molar-refractivity contribution in [3.8, 4) is 0 Å². The van der Waals surface area contributed by atoms with Crippen molar-refractivity contribution in [3.63, 3.8) is 0 Å². The fourth-order valence-corrected chi connectivity index (χ4v) is 0.976. The van der Waals surface area contributed by atoms with Crippen LogP contribution in [0.3, 0.4) is 0 Å². The van der Waals surface area contributed by atoms with Gasteiger partial charge in [-0.3, -0.25) is 0 Å². The molecular weight excluding hydrogens is 176 g/mol. The first kappa shape index (κ1) is 16.3. The molecule has 8 N–H and O–H groups in total. The second kappa shape index (κ2) is 15.3. The summed E-state index contributed by atoms with van der Waals surface area (Å²) in [4.78, 5) is 0. The Kier molecular flexibility index (Phi) is 17.8. The third-order valence-electron chi connectivity index (χ3n) is 1.78. The molecule has 0 atom stereocenters. The molecule has 0 rings (SSSR count). The molecular formula is C10H28N4. The average molecular weight is 204 g/mol. The van der Waals surface area contributed by atoms with Gasteiger partial charge in [0, 0.05) is 0 Å². The topological polar surface area (TPSA) is 104 Å². The minimum atomic E-state index is -0.102. The fourth-order valence-electron chi connectivity index (χ4n) is 0.976. The molecule has 0 bridgehead atoms. The molecule has 14 heavy (non-hydrogen) atoms. The number of hydrogen-bond acceptors (Lipinski definition) is 4.